The predicted molar refractivity (Wildman–Crippen MR) is 41.4 cm³/mol. The lowest BCUT2D eigenvalue weighted by molar-refractivity contribution is 0.193. The maximum atomic E-state index is 9.13. The van der Waals surface area contributed by atoms with Crippen molar-refractivity contribution in [2.45, 2.75) is 13.0 Å². The Morgan fingerprint density at radius 3 is 2.82 bits per heavy atom. The zero-order chi connectivity index (χ0) is 8.27. The number of hydrogen-bond donors (Lipinski definition) is 1. The minimum atomic E-state index is -0.537. The van der Waals surface area contributed by atoms with Gasteiger partial charge in [-0.2, -0.15) is 0 Å². The van der Waals surface area contributed by atoms with Crippen LogP contribution >= 0.6 is 0 Å². The van der Waals surface area contributed by atoms with Gasteiger partial charge in [0.1, 0.15) is 0 Å². The molecule has 0 aliphatic carbocycles. The summed E-state index contributed by atoms with van der Waals surface area (Å²) in [6.07, 6.45) is -0.537. The Hall–Kier alpha value is -1.09. The van der Waals surface area contributed by atoms with Crippen molar-refractivity contribution in [1.82, 2.24) is 4.98 Å². The van der Waals surface area contributed by atoms with Gasteiger partial charge in [0.25, 0.3) is 0 Å². The van der Waals surface area contributed by atoms with Gasteiger partial charge in [0.05, 0.1) is 18.9 Å². The number of aliphatic hydroxyl groups excluding tert-OH is 1. The first-order chi connectivity index (χ1) is 5.24. The van der Waals surface area contributed by atoms with Gasteiger partial charge in [0.15, 0.2) is 0 Å². The highest BCUT2D eigenvalue weighted by Gasteiger charge is 2.02. The van der Waals surface area contributed by atoms with Gasteiger partial charge < -0.3 is 9.84 Å². The fourth-order valence-electron chi connectivity index (χ4n) is 0.777. The molecule has 0 saturated carbocycles. The molecule has 1 N–H and O–H groups in total. The summed E-state index contributed by atoms with van der Waals surface area (Å²) in [5.41, 5.74) is 0.629. The molecule has 0 aliphatic rings. The van der Waals surface area contributed by atoms with Crippen LogP contribution in [0.2, 0.25) is 0 Å². The molecule has 1 rings (SSSR count). The van der Waals surface area contributed by atoms with E-state index < -0.39 is 6.10 Å². The molecule has 1 atom stereocenters. The monoisotopic (exact) mass is 153 g/mol. The van der Waals surface area contributed by atoms with Crippen molar-refractivity contribution in [2.24, 2.45) is 0 Å². The van der Waals surface area contributed by atoms with Crippen LogP contribution in [0.4, 0.5) is 0 Å². The number of nitrogens with zero attached hydrogens (tertiary/aromatic N) is 1. The van der Waals surface area contributed by atoms with Crippen molar-refractivity contribution in [3.8, 4) is 5.88 Å². The van der Waals surface area contributed by atoms with E-state index in [9.17, 15) is 0 Å². The summed E-state index contributed by atoms with van der Waals surface area (Å²) in [5, 5.41) is 9.13. The molecule has 1 aromatic rings. The van der Waals surface area contributed by atoms with Crippen molar-refractivity contribution in [2.75, 3.05) is 7.11 Å². The minimum absolute atomic E-state index is 0.531. The highest BCUT2D eigenvalue weighted by atomic mass is 16.5. The van der Waals surface area contributed by atoms with Gasteiger partial charge in [0, 0.05) is 6.07 Å². The van der Waals surface area contributed by atoms with Crippen molar-refractivity contribution < 1.29 is 9.84 Å². The topological polar surface area (TPSA) is 42.4 Å². The van der Waals surface area contributed by atoms with Gasteiger partial charge in [-0.25, -0.2) is 4.98 Å². The van der Waals surface area contributed by atoms with E-state index in [2.05, 4.69) is 4.98 Å². The number of pyridine rings is 1. The Balaban J connectivity index is 2.91. The molecule has 0 amide bonds. The first-order valence-electron chi connectivity index (χ1n) is 3.43. The molecule has 1 unspecified atom stereocenters. The molecule has 60 valence electrons. The summed E-state index contributed by atoms with van der Waals surface area (Å²) in [7, 11) is 1.55. The molecule has 0 saturated heterocycles. The fraction of sp³-hybridized carbons (Fsp3) is 0.375. The summed E-state index contributed by atoms with van der Waals surface area (Å²) in [4.78, 5) is 4.02. The molecule has 0 radical (unpaired) electrons. The predicted octanol–water partition coefficient (Wildman–Crippen LogP) is 1.14. The van der Waals surface area contributed by atoms with Gasteiger partial charge in [-0.1, -0.05) is 6.07 Å². The van der Waals surface area contributed by atoms with Gasteiger partial charge in [-0.3, -0.25) is 0 Å². The van der Waals surface area contributed by atoms with Crippen LogP contribution in [-0.4, -0.2) is 17.2 Å². The van der Waals surface area contributed by atoms with Gasteiger partial charge in [0.2, 0.25) is 5.88 Å². The Bertz CT molecular complexity index is 235. The molecule has 3 heteroatoms. The third-order valence-electron chi connectivity index (χ3n) is 1.38. The largest absolute Gasteiger partial charge is 0.481 e. The molecule has 0 bridgehead atoms. The summed E-state index contributed by atoms with van der Waals surface area (Å²) in [6, 6.07) is 5.30. The Morgan fingerprint density at radius 1 is 1.55 bits per heavy atom. The molecule has 3 nitrogen and oxygen atoms in total. The van der Waals surface area contributed by atoms with Crippen LogP contribution in [-0.2, 0) is 0 Å². The van der Waals surface area contributed by atoms with E-state index >= 15 is 0 Å². The quantitative estimate of drug-likeness (QED) is 0.692. The number of aliphatic hydroxyl groups is 1. The van der Waals surface area contributed by atoms with Crippen LogP contribution in [0.1, 0.15) is 18.7 Å². The maximum Gasteiger partial charge on any atom is 0.213 e. The number of methoxy groups -OCH3 is 1. The normalized spacial score (nSPS) is 12.6. The molecule has 0 spiro atoms. The third-order valence-corrected chi connectivity index (χ3v) is 1.38. The van der Waals surface area contributed by atoms with Crippen LogP contribution < -0.4 is 4.74 Å². The van der Waals surface area contributed by atoms with Crippen LogP contribution in [0.15, 0.2) is 18.2 Å². The van der Waals surface area contributed by atoms with E-state index in [-0.39, 0.29) is 0 Å². The van der Waals surface area contributed by atoms with E-state index in [0.29, 0.717) is 11.6 Å². The van der Waals surface area contributed by atoms with Crippen molar-refractivity contribution in [3.63, 3.8) is 0 Å². The summed E-state index contributed by atoms with van der Waals surface area (Å²) in [6.45, 7) is 1.67. The first kappa shape index (κ1) is 8.01. The van der Waals surface area contributed by atoms with E-state index in [1.165, 1.54) is 0 Å². The molecule has 11 heavy (non-hydrogen) atoms. The van der Waals surface area contributed by atoms with Gasteiger partial charge in [-0.15, -0.1) is 0 Å². The van der Waals surface area contributed by atoms with E-state index in [0.717, 1.165) is 0 Å². The third kappa shape index (κ3) is 1.91. The minimum Gasteiger partial charge on any atom is -0.481 e. The number of rotatable bonds is 2. The van der Waals surface area contributed by atoms with Crippen molar-refractivity contribution in [3.05, 3.63) is 23.9 Å². The summed E-state index contributed by atoms with van der Waals surface area (Å²) in [5.74, 6) is 0.531. The zero-order valence-corrected chi connectivity index (χ0v) is 6.61. The molecule has 1 heterocycles. The smallest absolute Gasteiger partial charge is 0.213 e. The van der Waals surface area contributed by atoms with Crippen LogP contribution in [0.5, 0.6) is 5.88 Å². The molecule has 1 aromatic heterocycles. The summed E-state index contributed by atoms with van der Waals surface area (Å²) >= 11 is 0. The van der Waals surface area contributed by atoms with Crippen LogP contribution in [0.3, 0.4) is 0 Å². The number of aromatic nitrogens is 1. The SMILES string of the molecule is COc1cccc(C(C)O)n1. The average molecular weight is 153 g/mol. The highest BCUT2D eigenvalue weighted by molar-refractivity contribution is 5.16. The zero-order valence-electron chi connectivity index (χ0n) is 6.61. The average Bonchev–Trinajstić information content (AvgIpc) is 2.05. The standard InChI is InChI=1S/C8H11NO2/c1-6(10)7-4-3-5-8(9-7)11-2/h3-6,10H,1-2H3. The van der Waals surface area contributed by atoms with E-state index in [1.54, 1.807) is 32.2 Å². The maximum absolute atomic E-state index is 9.13. The van der Waals surface area contributed by atoms with Crippen LogP contribution in [0, 0.1) is 0 Å². The second-order valence-electron chi connectivity index (χ2n) is 2.28. The number of hydrogen-bond acceptors (Lipinski definition) is 3. The van der Waals surface area contributed by atoms with E-state index in [1.807, 2.05) is 0 Å². The Kier molecular flexibility index (Phi) is 2.44. The first-order valence-corrected chi connectivity index (χ1v) is 3.43. The lowest BCUT2D eigenvalue weighted by Crippen LogP contribution is -1.96. The van der Waals surface area contributed by atoms with E-state index in [4.69, 9.17) is 9.84 Å². The lowest BCUT2D eigenvalue weighted by Gasteiger charge is -2.04. The molecule has 0 aromatic carbocycles. The number of ether oxygens (including phenoxy) is 1. The Labute approximate surface area is 65.7 Å². The van der Waals surface area contributed by atoms with Crippen molar-refractivity contribution >= 4 is 0 Å². The second-order valence-corrected chi connectivity index (χ2v) is 2.28. The highest BCUT2D eigenvalue weighted by Crippen LogP contribution is 2.12. The molecule has 0 aliphatic heterocycles. The van der Waals surface area contributed by atoms with Crippen molar-refractivity contribution in [1.29, 1.82) is 0 Å². The van der Waals surface area contributed by atoms with Crippen LogP contribution in [0.25, 0.3) is 0 Å². The van der Waals surface area contributed by atoms with Gasteiger partial charge >= 0.3 is 0 Å². The molecular weight excluding hydrogens is 142 g/mol. The lowest BCUT2D eigenvalue weighted by atomic mass is 10.2. The summed E-state index contributed by atoms with van der Waals surface area (Å²) < 4.78 is 4.88. The second kappa shape index (κ2) is 3.34. The molecular formula is C8H11NO2. The van der Waals surface area contributed by atoms with Gasteiger partial charge in [-0.05, 0) is 13.0 Å². The fourth-order valence-corrected chi connectivity index (χ4v) is 0.777. The Morgan fingerprint density at radius 2 is 2.27 bits per heavy atom. The molecule has 0 fully saturated rings.